The molecule has 0 aromatic carbocycles. The van der Waals surface area contributed by atoms with E-state index in [0.29, 0.717) is 13.0 Å². The molecule has 2 amide bonds. The van der Waals surface area contributed by atoms with Crippen LogP contribution in [0.5, 0.6) is 0 Å². The summed E-state index contributed by atoms with van der Waals surface area (Å²) in [5.41, 5.74) is 5.93. The van der Waals surface area contributed by atoms with Gasteiger partial charge in [0.25, 0.3) is 0 Å². The summed E-state index contributed by atoms with van der Waals surface area (Å²) >= 11 is 0. The van der Waals surface area contributed by atoms with Crippen molar-refractivity contribution in [3.8, 4) is 0 Å². The smallest absolute Gasteiger partial charge is 0.419 e. The number of rotatable bonds is 14. The molecule has 1 atom stereocenters. The van der Waals surface area contributed by atoms with Gasteiger partial charge in [0, 0.05) is 17.7 Å². The Hall–Kier alpha value is -2.88. The molecule has 0 spiro atoms. The SMILES string of the molecule is C=C(C)C(=O)OCCOC(=O)N(CCC(C)(C)CC(C)CN)C(=O)OCCOC(=O)C(=C)C. The van der Waals surface area contributed by atoms with E-state index < -0.39 is 24.1 Å². The van der Waals surface area contributed by atoms with Crippen molar-refractivity contribution in [2.24, 2.45) is 17.1 Å². The Kier molecular flexibility index (Phi) is 13.7. The van der Waals surface area contributed by atoms with Gasteiger partial charge in [0.05, 0.1) is 0 Å². The van der Waals surface area contributed by atoms with Gasteiger partial charge in [-0.25, -0.2) is 24.1 Å². The third-order valence-electron chi connectivity index (χ3n) is 4.54. The fourth-order valence-corrected chi connectivity index (χ4v) is 2.73. The minimum absolute atomic E-state index is 0.0407. The highest BCUT2D eigenvalue weighted by atomic mass is 16.6. The van der Waals surface area contributed by atoms with Crippen LogP contribution in [0, 0.1) is 11.3 Å². The molecule has 0 rings (SSSR count). The summed E-state index contributed by atoms with van der Waals surface area (Å²) in [6.45, 7) is 15.7. The Morgan fingerprint density at radius 2 is 1.24 bits per heavy atom. The number of hydrogen-bond acceptors (Lipinski definition) is 9. The number of carbonyl (C=O) groups is 4. The molecule has 10 heteroatoms. The van der Waals surface area contributed by atoms with E-state index in [9.17, 15) is 19.2 Å². The molecular formula is C23H38N2O8. The van der Waals surface area contributed by atoms with Crippen LogP contribution in [-0.4, -0.2) is 68.5 Å². The van der Waals surface area contributed by atoms with Gasteiger partial charge < -0.3 is 24.7 Å². The van der Waals surface area contributed by atoms with Crippen molar-refractivity contribution < 1.29 is 38.1 Å². The summed E-state index contributed by atoms with van der Waals surface area (Å²) in [5, 5.41) is 0. The fraction of sp³-hybridized carbons (Fsp3) is 0.652. The first-order valence-corrected chi connectivity index (χ1v) is 10.8. The zero-order valence-corrected chi connectivity index (χ0v) is 20.4. The second kappa shape index (κ2) is 15.0. The van der Waals surface area contributed by atoms with E-state index in [4.69, 9.17) is 24.7 Å². The maximum Gasteiger partial charge on any atom is 0.419 e. The summed E-state index contributed by atoms with van der Waals surface area (Å²) in [7, 11) is 0. The molecule has 0 saturated carbocycles. The third-order valence-corrected chi connectivity index (χ3v) is 4.54. The molecule has 1 unspecified atom stereocenters. The van der Waals surface area contributed by atoms with Crippen LogP contribution in [-0.2, 0) is 28.5 Å². The Balaban J connectivity index is 4.95. The molecule has 33 heavy (non-hydrogen) atoms. The number of nitrogens with two attached hydrogens (primary N) is 1. The van der Waals surface area contributed by atoms with Crippen molar-refractivity contribution in [1.82, 2.24) is 4.90 Å². The zero-order chi connectivity index (χ0) is 25.6. The molecule has 0 aromatic rings. The number of imide groups is 1. The molecule has 0 aliphatic rings. The van der Waals surface area contributed by atoms with Crippen LogP contribution in [0.25, 0.3) is 0 Å². The predicted molar refractivity (Wildman–Crippen MR) is 122 cm³/mol. The molecule has 0 radical (unpaired) electrons. The number of ether oxygens (including phenoxy) is 4. The minimum atomic E-state index is -0.937. The van der Waals surface area contributed by atoms with Crippen molar-refractivity contribution in [1.29, 1.82) is 0 Å². The van der Waals surface area contributed by atoms with Gasteiger partial charge in [0.15, 0.2) is 0 Å². The number of nitrogens with zero attached hydrogens (tertiary/aromatic N) is 1. The van der Waals surface area contributed by atoms with Crippen molar-refractivity contribution in [2.45, 2.75) is 47.5 Å². The number of hydrogen-bond donors (Lipinski definition) is 1. The number of amides is 2. The van der Waals surface area contributed by atoms with E-state index >= 15 is 0 Å². The highest BCUT2D eigenvalue weighted by molar-refractivity contribution is 5.88. The van der Waals surface area contributed by atoms with E-state index in [0.717, 1.165) is 11.3 Å². The van der Waals surface area contributed by atoms with Gasteiger partial charge in [-0.05, 0) is 44.6 Å². The van der Waals surface area contributed by atoms with Crippen LogP contribution in [0.15, 0.2) is 24.3 Å². The summed E-state index contributed by atoms with van der Waals surface area (Å²) < 4.78 is 19.9. The Bertz CT molecular complexity index is 671. The second-order valence-electron chi connectivity index (χ2n) is 8.67. The first-order chi connectivity index (χ1) is 15.3. The quantitative estimate of drug-likeness (QED) is 0.176. The van der Waals surface area contributed by atoms with Crippen LogP contribution in [0.1, 0.15) is 47.5 Å². The van der Waals surface area contributed by atoms with Crippen LogP contribution in [0.3, 0.4) is 0 Å². The molecule has 188 valence electrons. The lowest BCUT2D eigenvalue weighted by Crippen LogP contribution is -2.41. The monoisotopic (exact) mass is 470 g/mol. The third kappa shape index (κ3) is 13.3. The zero-order valence-electron chi connectivity index (χ0n) is 20.4. The van der Waals surface area contributed by atoms with E-state index in [1.54, 1.807) is 0 Å². The summed E-state index contributed by atoms with van der Waals surface area (Å²) in [6.07, 6.45) is -0.590. The lowest BCUT2D eigenvalue weighted by Gasteiger charge is -2.30. The molecule has 0 fully saturated rings. The predicted octanol–water partition coefficient (Wildman–Crippen LogP) is 3.20. The van der Waals surface area contributed by atoms with Gasteiger partial charge in [0.1, 0.15) is 26.4 Å². The molecule has 2 N–H and O–H groups in total. The maximum atomic E-state index is 12.5. The molecule has 0 heterocycles. The van der Waals surface area contributed by atoms with Crippen molar-refractivity contribution in [2.75, 3.05) is 39.5 Å². The van der Waals surface area contributed by atoms with Gasteiger partial charge in [-0.15, -0.1) is 0 Å². The maximum absolute atomic E-state index is 12.5. The van der Waals surface area contributed by atoms with E-state index in [1.807, 2.05) is 20.8 Å². The number of carbonyl (C=O) groups excluding carboxylic acids is 4. The average molecular weight is 471 g/mol. The molecule has 0 saturated heterocycles. The highest BCUT2D eigenvalue weighted by Crippen LogP contribution is 2.29. The van der Waals surface area contributed by atoms with Crippen molar-refractivity contribution in [3.05, 3.63) is 24.3 Å². The van der Waals surface area contributed by atoms with E-state index in [2.05, 4.69) is 13.2 Å². The first kappa shape index (κ1) is 30.1. The Morgan fingerprint density at radius 1 is 0.848 bits per heavy atom. The minimum Gasteiger partial charge on any atom is -0.459 e. The van der Waals surface area contributed by atoms with Gasteiger partial charge in [-0.3, -0.25) is 0 Å². The Labute approximate surface area is 196 Å². The van der Waals surface area contributed by atoms with Crippen LogP contribution < -0.4 is 5.73 Å². The fourth-order valence-electron chi connectivity index (χ4n) is 2.73. The number of esters is 2. The van der Waals surface area contributed by atoms with Gasteiger partial charge in [-0.2, -0.15) is 0 Å². The van der Waals surface area contributed by atoms with Crippen LogP contribution in [0.2, 0.25) is 0 Å². The van der Waals surface area contributed by atoms with Crippen LogP contribution in [0.4, 0.5) is 9.59 Å². The summed E-state index contributed by atoms with van der Waals surface area (Å²) in [5.74, 6) is -0.942. The van der Waals surface area contributed by atoms with Crippen molar-refractivity contribution in [3.63, 3.8) is 0 Å². The standard InChI is InChI=1S/C23H38N2O8/c1-16(2)19(26)30-10-12-32-21(28)25(9-8-23(6,7)14-18(5)15-24)22(29)33-13-11-31-20(27)17(3)4/h18H,1,3,8-15,24H2,2,4-7H3. The summed E-state index contributed by atoms with van der Waals surface area (Å²) in [4.78, 5) is 48.7. The van der Waals surface area contributed by atoms with Crippen molar-refractivity contribution >= 4 is 24.1 Å². The molecule has 0 aliphatic heterocycles. The van der Waals surface area contributed by atoms with Gasteiger partial charge in [0.2, 0.25) is 0 Å². The molecule has 0 aromatic heterocycles. The lowest BCUT2D eigenvalue weighted by molar-refractivity contribution is -0.140. The summed E-state index contributed by atoms with van der Waals surface area (Å²) in [6, 6.07) is 0. The largest absolute Gasteiger partial charge is 0.459 e. The average Bonchev–Trinajstić information content (AvgIpc) is 2.73. The molecular weight excluding hydrogens is 432 g/mol. The van der Waals surface area contributed by atoms with Gasteiger partial charge >= 0.3 is 24.1 Å². The topological polar surface area (TPSA) is 134 Å². The lowest BCUT2D eigenvalue weighted by atomic mass is 9.80. The normalized spacial score (nSPS) is 11.7. The molecule has 0 aliphatic carbocycles. The first-order valence-electron chi connectivity index (χ1n) is 10.8. The van der Waals surface area contributed by atoms with Crippen LogP contribution >= 0.6 is 0 Å². The molecule has 0 bridgehead atoms. The van der Waals surface area contributed by atoms with Gasteiger partial charge in [-0.1, -0.05) is 33.9 Å². The van der Waals surface area contributed by atoms with E-state index in [-0.39, 0.29) is 55.5 Å². The highest BCUT2D eigenvalue weighted by Gasteiger charge is 2.29. The molecule has 10 nitrogen and oxygen atoms in total. The Morgan fingerprint density at radius 3 is 1.61 bits per heavy atom. The second-order valence-corrected chi connectivity index (χ2v) is 8.67. The van der Waals surface area contributed by atoms with E-state index in [1.165, 1.54) is 13.8 Å².